The molecular weight excluding hydrogens is 270 g/mol. The molecule has 2 fully saturated rings. The molecule has 1 aromatic rings. The van der Waals surface area contributed by atoms with Gasteiger partial charge in [-0.2, -0.15) is 0 Å². The predicted octanol–water partition coefficient (Wildman–Crippen LogP) is 4.21. The number of aryl methyl sites for hydroxylation is 1. The fourth-order valence-corrected chi connectivity index (χ4v) is 3.75. The molecule has 1 amide bonds. The Morgan fingerprint density at radius 3 is 2.64 bits per heavy atom. The number of piperidine rings is 1. The van der Waals surface area contributed by atoms with Gasteiger partial charge in [0, 0.05) is 19.5 Å². The van der Waals surface area contributed by atoms with Crippen LogP contribution in [0, 0.1) is 24.7 Å². The minimum absolute atomic E-state index is 0.396. The summed E-state index contributed by atoms with van der Waals surface area (Å²) >= 11 is 0. The number of nitrogens with zero attached hydrogens (tertiary/aromatic N) is 1. The normalized spacial score (nSPS) is 23.4. The molecule has 0 radical (unpaired) electrons. The molecule has 2 atom stereocenters. The molecule has 1 saturated heterocycles. The number of amides is 1. The summed E-state index contributed by atoms with van der Waals surface area (Å²) in [4.78, 5) is 14.6. The quantitative estimate of drug-likeness (QED) is 0.797. The van der Waals surface area contributed by atoms with Crippen molar-refractivity contribution in [2.24, 2.45) is 17.8 Å². The molecular formula is C20H29NO. The van der Waals surface area contributed by atoms with Crippen LogP contribution in [0.1, 0.15) is 50.2 Å². The van der Waals surface area contributed by atoms with Crippen molar-refractivity contribution in [3.8, 4) is 0 Å². The Hall–Kier alpha value is -1.31. The van der Waals surface area contributed by atoms with E-state index >= 15 is 0 Å². The van der Waals surface area contributed by atoms with Crippen molar-refractivity contribution in [1.82, 2.24) is 4.90 Å². The van der Waals surface area contributed by atoms with Gasteiger partial charge in [0.2, 0.25) is 5.91 Å². The Bertz CT molecular complexity index is 503. The summed E-state index contributed by atoms with van der Waals surface area (Å²) in [6, 6.07) is 8.87. The van der Waals surface area contributed by atoms with E-state index in [1.165, 1.54) is 36.8 Å². The van der Waals surface area contributed by atoms with Crippen molar-refractivity contribution < 1.29 is 4.79 Å². The molecule has 1 aliphatic carbocycles. The van der Waals surface area contributed by atoms with Crippen LogP contribution in [-0.4, -0.2) is 23.9 Å². The second-order valence-corrected chi connectivity index (χ2v) is 7.56. The van der Waals surface area contributed by atoms with E-state index in [9.17, 15) is 4.79 Å². The summed E-state index contributed by atoms with van der Waals surface area (Å²) in [5.74, 6) is 2.45. The highest BCUT2D eigenvalue weighted by molar-refractivity contribution is 5.76. The molecule has 1 heterocycles. The van der Waals surface area contributed by atoms with Crippen LogP contribution in [0.2, 0.25) is 0 Å². The zero-order chi connectivity index (χ0) is 15.5. The predicted molar refractivity (Wildman–Crippen MR) is 90.7 cm³/mol. The van der Waals surface area contributed by atoms with E-state index in [1.807, 2.05) is 0 Å². The van der Waals surface area contributed by atoms with Gasteiger partial charge in [0.15, 0.2) is 0 Å². The molecule has 22 heavy (non-hydrogen) atoms. The molecule has 0 unspecified atom stereocenters. The van der Waals surface area contributed by atoms with Crippen LogP contribution in [0.5, 0.6) is 0 Å². The SMILES string of the molecule is Cc1ccc(C[C@@H]2CCCN(C(=O)C[C@H](C)C3CC3)C2)cc1. The highest BCUT2D eigenvalue weighted by Gasteiger charge is 2.31. The van der Waals surface area contributed by atoms with Crippen LogP contribution < -0.4 is 0 Å². The summed E-state index contributed by atoms with van der Waals surface area (Å²) in [6.07, 6.45) is 6.98. The van der Waals surface area contributed by atoms with E-state index < -0.39 is 0 Å². The van der Waals surface area contributed by atoms with Crippen molar-refractivity contribution in [3.63, 3.8) is 0 Å². The van der Waals surface area contributed by atoms with Gasteiger partial charge < -0.3 is 4.90 Å². The average Bonchev–Trinajstić information content (AvgIpc) is 3.35. The fraction of sp³-hybridized carbons (Fsp3) is 0.650. The van der Waals surface area contributed by atoms with Crippen LogP contribution in [-0.2, 0) is 11.2 Å². The summed E-state index contributed by atoms with van der Waals surface area (Å²) in [7, 11) is 0. The minimum atomic E-state index is 0.396. The van der Waals surface area contributed by atoms with E-state index in [1.54, 1.807) is 0 Å². The molecule has 2 nitrogen and oxygen atoms in total. The van der Waals surface area contributed by atoms with E-state index in [4.69, 9.17) is 0 Å². The monoisotopic (exact) mass is 299 g/mol. The third kappa shape index (κ3) is 4.12. The smallest absolute Gasteiger partial charge is 0.222 e. The van der Waals surface area contributed by atoms with Gasteiger partial charge >= 0.3 is 0 Å². The molecule has 1 saturated carbocycles. The van der Waals surface area contributed by atoms with Crippen LogP contribution in [0.4, 0.5) is 0 Å². The molecule has 2 aliphatic rings. The summed E-state index contributed by atoms with van der Waals surface area (Å²) in [6.45, 7) is 6.32. The van der Waals surface area contributed by atoms with Gasteiger partial charge in [0.1, 0.15) is 0 Å². The summed E-state index contributed by atoms with van der Waals surface area (Å²) in [5, 5.41) is 0. The number of carbonyl (C=O) groups excluding carboxylic acids is 1. The number of benzene rings is 1. The van der Waals surface area contributed by atoms with Crippen LogP contribution in [0.3, 0.4) is 0 Å². The Kier molecular flexibility index (Phi) is 4.85. The molecule has 0 spiro atoms. The van der Waals surface area contributed by atoms with Crippen molar-refractivity contribution >= 4 is 5.91 Å². The number of likely N-dealkylation sites (tertiary alicyclic amines) is 1. The molecule has 1 aromatic carbocycles. The second-order valence-electron chi connectivity index (χ2n) is 7.56. The third-order valence-electron chi connectivity index (χ3n) is 5.44. The van der Waals surface area contributed by atoms with Gasteiger partial charge in [-0.3, -0.25) is 4.79 Å². The largest absolute Gasteiger partial charge is 0.342 e. The first-order valence-electron chi connectivity index (χ1n) is 8.95. The van der Waals surface area contributed by atoms with Gasteiger partial charge in [-0.25, -0.2) is 0 Å². The number of hydrogen-bond donors (Lipinski definition) is 0. The lowest BCUT2D eigenvalue weighted by molar-refractivity contribution is -0.134. The van der Waals surface area contributed by atoms with E-state index in [0.717, 1.165) is 31.8 Å². The highest BCUT2D eigenvalue weighted by Crippen LogP contribution is 2.38. The van der Waals surface area contributed by atoms with Crippen LogP contribution in [0.25, 0.3) is 0 Å². The lowest BCUT2D eigenvalue weighted by atomic mass is 9.90. The minimum Gasteiger partial charge on any atom is -0.342 e. The van der Waals surface area contributed by atoms with Crippen LogP contribution in [0.15, 0.2) is 24.3 Å². The molecule has 2 heteroatoms. The Morgan fingerprint density at radius 1 is 1.23 bits per heavy atom. The number of carbonyl (C=O) groups is 1. The first kappa shape index (κ1) is 15.6. The van der Waals surface area contributed by atoms with E-state index in [-0.39, 0.29) is 0 Å². The number of rotatable bonds is 5. The first-order valence-corrected chi connectivity index (χ1v) is 8.95. The molecule has 0 N–H and O–H groups in total. The highest BCUT2D eigenvalue weighted by atomic mass is 16.2. The second kappa shape index (κ2) is 6.85. The topological polar surface area (TPSA) is 20.3 Å². The standard InChI is InChI=1S/C20H29NO/c1-15-5-7-17(8-6-15)13-18-4-3-11-21(14-18)20(22)12-16(2)19-9-10-19/h5-8,16,18-19H,3-4,9-14H2,1-2H3/t16-,18-/m0/s1. The van der Waals surface area contributed by atoms with Gasteiger partial charge in [0.25, 0.3) is 0 Å². The lowest BCUT2D eigenvalue weighted by Gasteiger charge is -2.33. The summed E-state index contributed by atoms with van der Waals surface area (Å²) in [5.41, 5.74) is 2.73. The van der Waals surface area contributed by atoms with Crippen LogP contribution >= 0.6 is 0 Å². The van der Waals surface area contributed by atoms with Crippen molar-refractivity contribution in [1.29, 1.82) is 0 Å². The molecule has 3 rings (SSSR count). The molecule has 0 bridgehead atoms. The maximum absolute atomic E-state index is 12.5. The van der Waals surface area contributed by atoms with Crippen molar-refractivity contribution in [2.75, 3.05) is 13.1 Å². The zero-order valence-electron chi connectivity index (χ0n) is 14.1. The maximum Gasteiger partial charge on any atom is 0.222 e. The Balaban J connectivity index is 1.52. The average molecular weight is 299 g/mol. The summed E-state index contributed by atoms with van der Waals surface area (Å²) < 4.78 is 0. The maximum atomic E-state index is 12.5. The van der Waals surface area contributed by atoms with Gasteiger partial charge in [-0.05, 0) is 62.3 Å². The van der Waals surface area contributed by atoms with Crippen molar-refractivity contribution in [3.05, 3.63) is 35.4 Å². The zero-order valence-corrected chi connectivity index (χ0v) is 14.1. The lowest BCUT2D eigenvalue weighted by Crippen LogP contribution is -2.41. The molecule has 120 valence electrons. The van der Waals surface area contributed by atoms with Gasteiger partial charge in [0.05, 0.1) is 0 Å². The third-order valence-corrected chi connectivity index (χ3v) is 5.44. The molecule has 0 aromatic heterocycles. The van der Waals surface area contributed by atoms with Gasteiger partial charge in [-0.1, -0.05) is 36.8 Å². The Morgan fingerprint density at radius 2 is 1.95 bits per heavy atom. The van der Waals surface area contributed by atoms with E-state index in [0.29, 0.717) is 17.7 Å². The fourth-order valence-electron chi connectivity index (χ4n) is 3.75. The van der Waals surface area contributed by atoms with Crippen molar-refractivity contribution in [2.45, 2.75) is 52.4 Å². The number of hydrogen-bond acceptors (Lipinski definition) is 1. The van der Waals surface area contributed by atoms with E-state index in [2.05, 4.69) is 43.0 Å². The molecule has 1 aliphatic heterocycles. The Labute approximate surface area is 134 Å². The van der Waals surface area contributed by atoms with Gasteiger partial charge in [-0.15, -0.1) is 0 Å². The first-order chi connectivity index (χ1) is 10.6.